The lowest BCUT2D eigenvalue weighted by Gasteiger charge is -2.09. The molecule has 0 aliphatic carbocycles. The van der Waals surface area contributed by atoms with E-state index in [1.807, 2.05) is 18.5 Å². The summed E-state index contributed by atoms with van der Waals surface area (Å²) in [7, 11) is -2.05. The third-order valence-corrected chi connectivity index (χ3v) is 6.56. The second-order valence-corrected chi connectivity index (χ2v) is 8.32. The van der Waals surface area contributed by atoms with Gasteiger partial charge in [-0.1, -0.05) is 0 Å². The lowest BCUT2D eigenvalue weighted by Crippen LogP contribution is -2.07. The molecule has 0 spiro atoms. The van der Waals surface area contributed by atoms with Crippen molar-refractivity contribution in [3.63, 3.8) is 0 Å². The van der Waals surface area contributed by atoms with Gasteiger partial charge in [0.15, 0.2) is 0 Å². The van der Waals surface area contributed by atoms with Crippen molar-refractivity contribution in [2.24, 2.45) is 12.8 Å². The molecule has 4 nitrogen and oxygen atoms in total. The number of aromatic nitrogens is 1. The summed E-state index contributed by atoms with van der Waals surface area (Å²) in [4.78, 5) is -0.137. The van der Waals surface area contributed by atoms with Gasteiger partial charge in [-0.2, -0.15) is 13.2 Å². The zero-order chi connectivity index (χ0) is 20.0. The van der Waals surface area contributed by atoms with Gasteiger partial charge in [0.1, 0.15) is 0 Å². The van der Waals surface area contributed by atoms with Crippen molar-refractivity contribution in [2.75, 3.05) is 6.54 Å². The summed E-state index contributed by atoms with van der Waals surface area (Å²) >= 11 is 0. The van der Waals surface area contributed by atoms with Crippen LogP contribution >= 0.6 is 12.4 Å². The van der Waals surface area contributed by atoms with E-state index in [1.54, 1.807) is 12.1 Å². The minimum absolute atomic E-state index is 0. The second kappa shape index (κ2) is 7.77. The second-order valence-electron chi connectivity index (χ2n) is 6.37. The van der Waals surface area contributed by atoms with Gasteiger partial charge in [0.25, 0.3) is 0 Å². The number of nitrogens with two attached hydrogens (primary N) is 1. The van der Waals surface area contributed by atoms with Gasteiger partial charge in [-0.05, 0) is 67.9 Å². The Kier molecular flexibility index (Phi) is 6.18. The smallest absolute Gasteiger partial charge is 0.348 e. The van der Waals surface area contributed by atoms with Crippen LogP contribution in [-0.4, -0.2) is 19.5 Å². The Balaban J connectivity index is 0.00000280. The van der Waals surface area contributed by atoms with Crippen LogP contribution in [0.1, 0.15) is 16.8 Å². The summed E-state index contributed by atoms with van der Waals surface area (Å²) in [6, 6.07) is 8.27. The van der Waals surface area contributed by atoms with E-state index in [0.29, 0.717) is 13.0 Å². The Labute approximate surface area is 167 Å². The highest BCUT2D eigenvalue weighted by molar-refractivity contribution is 7.91. The van der Waals surface area contributed by atoms with Crippen LogP contribution in [-0.2, 0) is 29.5 Å². The molecule has 3 rings (SSSR count). The maximum absolute atomic E-state index is 12.9. The molecule has 9 heteroatoms. The molecule has 0 fully saturated rings. The van der Waals surface area contributed by atoms with E-state index in [0.717, 1.165) is 46.4 Å². The number of rotatable bonds is 4. The number of hydrogen-bond acceptors (Lipinski definition) is 3. The first kappa shape index (κ1) is 22.3. The lowest BCUT2D eigenvalue weighted by molar-refractivity contribution is -0.137. The molecular formula is C19H20ClF3N2O2S. The highest BCUT2D eigenvalue weighted by atomic mass is 35.5. The van der Waals surface area contributed by atoms with Crippen LogP contribution in [0.3, 0.4) is 0 Å². The number of halogens is 4. The topological polar surface area (TPSA) is 65.1 Å². The van der Waals surface area contributed by atoms with Gasteiger partial charge in [0, 0.05) is 23.6 Å². The molecule has 2 N–H and O–H groups in total. The van der Waals surface area contributed by atoms with Crippen LogP contribution in [0.25, 0.3) is 10.9 Å². The van der Waals surface area contributed by atoms with Crippen molar-refractivity contribution in [1.82, 2.24) is 4.57 Å². The van der Waals surface area contributed by atoms with E-state index in [-0.39, 0.29) is 22.2 Å². The maximum atomic E-state index is 12.9. The van der Waals surface area contributed by atoms with E-state index in [4.69, 9.17) is 5.73 Å². The molecule has 1 heterocycles. The van der Waals surface area contributed by atoms with Gasteiger partial charge in [0.2, 0.25) is 9.84 Å². The normalized spacial score (nSPS) is 12.2. The first-order valence-electron chi connectivity index (χ1n) is 8.27. The van der Waals surface area contributed by atoms with Crippen molar-refractivity contribution in [3.05, 3.63) is 59.3 Å². The molecule has 0 radical (unpaired) electrons. The SMILES string of the molecule is Cc1c(CCN)c2cc(S(=O)(=O)c3ccc(C(F)(F)F)cc3)ccc2n1C.Cl. The fraction of sp³-hybridized carbons (Fsp3) is 0.263. The Morgan fingerprint density at radius 1 is 1.04 bits per heavy atom. The van der Waals surface area contributed by atoms with Crippen molar-refractivity contribution in [1.29, 1.82) is 0 Å². The minimum atomic E-state index is -4.51. The van der Waals surface area contributed by atoms with Gasteiger partial charge in [-0.25, -0.2) is 8.42 Å². The van der Waals surface area contributed by atoms with Crippen molar-refractivity contribution in [2.45, 2.75) is 29.3 Å². The quantitative estimate of drug-likeness (QED) is 0.669. The van der Waals surface area contributed by atoms with E-state index in [2.05, 4.69) is 0 Å². The van der Waals surface area contributed by atoms with E-state index < -0.39 is 21.6 Å². The minimum Gasteiger partial charge on any atom is -0.348 e. The Hall–Kier alpha value is -2.03. The molecule has 0 amide bonds. The van der Waals surface area contributed by atoms with Crippen LogP contribution in [0.2, 0.25) is 0 Å². The summed E-state index contributed by atoms with van der Waals surface area (Å²) in [6.45, 7) is 2.37. The molecule has 0 bridgehead atoms. The number of aryl methyl sites for hydroxylation is 1. The summed E-state index contributed by atoms with van der Waals surface area (Å²) in [6.07, 6.45) is -3.91. The molecule has 0 aliphatic heterocycles. The van der Waals surface area contributed by atoms with E-state index in [1.165, 1.54) is 6.07 Å². The Morgan fingerprint density at radius 3 is 2.14 bits per heavy atom. The molecule has 28 heavy (non-hydrogen) atoms. The van der Waals surface area contributed by atoms with E-state index in [9.17, 15) is 21.6 Å². The van der Waals surface area contributed by atoms with Crippen molar-refractivity contribution in [3.8, 4) is 0 Å². The molecular weight excluding hydrogens is 413 g/mol. The number of alkyl halides is 3. The summed E-state index contributed by atoms with van der Waals surface area (Å²) < 4.78 is 65.9. The van der Waals surface area contributed by atoms with Crippen molar-refractivity contribution < 1.29 is 21.6 Å². The molecule has 0 saturated heterocycles. The molecule has 0 atom stereocenters. The molecule has 152 valence electrons. The lowest BCUT2D eigenvalue weighted by atomic mass is 10.1. The van der Waals surface area contributed by atoms with Gasteiger partial charge in [-0.15, -0.1) is 12.4 Å². The number of hydrogen-bond donors (Lipinski definition) is 1. The molecule has 2 aromatic carbocycles. The standard InChI is InChI=1S/C19H19F3N2O2S.ClH/c1-12-16(9-10-23)17-11-15(7-8-18(17)24(12)2)27(25,26)14-5-3-13(4-6-14)19(20,21)22;/h3-8,11H,9-10,23H2,1-2H3;1H. The third-order valence-electron chi connectivity index (χ3n) is 4.79. The average Bonchev–Trinajstić information content (AvgIpc) is 2.86. The monoisotopic (exact) mass is 432 g/mol. The van der Waals surface area contributed by atoms with E-state index >= 15 is 0 Å². The maximum Gasteiger partial charge on any atom is 0.416 e. The van der Waals surface area contributed by atoms with Crippen LogP contribution < -0.4 is 5.73 Å². The molecule has 0 saturated carbocycles. The summed E-state index contributed by atoms with van der Waals surface area (Å²) in [5.41, 5.74) is 7.63. The van der Waals surface area contributed by atoms with Crippen LogP contribution in [0, 0.1) is 6.92 Å². The number of benzene rings is 2. The average molecular weight is 433 g/mol. The highest BCUT2D eigenvalue weighted by Crippen LogP contribution is 2.32. The molecule has 0 aliphatic rings. The third kappa shape index (κ3) is 3.76. The van der Waals surface area contributed by atoms with Gasteiger partial charge in [-0.3, -0.25) is 0 Å². The van der Waals surface area contributed by atoms with Crippen LogP contribution in [0.5, 0.6) is 0 Å². The molecule has 0 unspecified atom stereocenters. The van der Waals surface area contributed by atoms with Crippen LogP contribution in [0.15, 0.2) is 52.3 Å². The fourth-order valence-corrected chi connectivity index (χ4v) is 4.50. The molecule has 1 aromatic heterocycles. The summed E-state index contributed by atoms with van der Waals surface area (Å²) in [5, 5.41) is 0.786. The Bertz CT molecular complexity index is 1100. The summed E-state index contributed by atoms with van der Waals surface area (Å²) in [5.74, 6) is 0. The zero-order valence-corrected chi connectivity index (χ0v) is 16.9. The van der Waals surface area contributed by atoms with Crippen molar-refractivity contribution >= 4 is 33.1 Å². The number of fused-ring (bicyclic) bond motifs is 1. The molecule has 3 aromatic rings. The predicted octanol–water partition coefficient (Wildman–Crippen LogP) is 4.26. The zero-order valence-electron chi connectivity index (χ0n) is 15.2. The number of nitrogens with zero attached hydrogens (tertiary/aromatic N) is 1. The first-order chi connectivity index (χ1) is 12.6. The van der Waals surface area contributed by atoms with Gasteiger partial charge >= 0.3 is 6.18 Å². The number of sulfone groups is 1. The Morgan fingerprint density at radius 2 is 1.61 bits per heavy atom. The van der Waals surface area contributed by atoms with Gasteiger partial charge < -0.3 is 10.3 Å². The largest absolute Gasteiger partial charge is 0.416 e. The highest BCUT2D eigenvalue weighted by Gasteiger charge is 2.31. The fourth-order valence-electron chi connectivity index (χ4n) is 3.21. The van der Waals surface area contributed by atoms with Gasteiger partial charge in [0.05, 0.1) is 15.4 Å². The first-order valence-corrected chi connectivity index (χ1v) is 9.76. The predicted molar refractivity (Wildman–Crippen MR) is 105 cm³/mol. The van der Waals surface area contributed by atoms with Crippen LogP contribution in [0.4, 0.5) is 13.2 Å².